The Bertz CT molecular complexity index is 689. The predicted octanol–water partition coefficient (Wildman–Crippen LogP) is 5.29. The van der Waals surface area contributed by atoms with E-state index in [4.69, 9.17) is 11.6 Å². The zero-order valence-corrected chi connectivity index (χ0v) is 12.4. The highest BCUT2D eigenvalue weighted by Gasteiger charge is 2.12. The van der Waals surface area contributed by atoms with Crippen molar-refractivity contribution < 1.29 is 0 Å². The van der Waals surface area contributed by atoms with Crippen molar-refractivity contribution in [1.82, 2.24) is 4.57 Å². The van der Waals surface area contributed by atoms with Crippen molar-refractivity contribution in [3.05, 3.63) is 59.1 Å². The average molecular weight is 288 g/mol. The smallest absolute Gasteiger partial charge is 0.0834 e. The largest absolute Gasteiger partial charge is 0.338 e. The van der Waals surface area contributed by atoms with Crippen LogP contribution >= 0.6 is 23.4 Å². The van der Waals surface area contributed by atoms with Gasteiger partial charge in [0.25, 0.3) is 0 Å². The molecule has 1 heterocycles. The number of hydrogen-bond donors (Lipinski definition) is 0. The Kier molecular flexibility index (Phi) is 3.29. The minimum absolute atomic E-state index is 0.776. The maximum absolute atomic E-state index is 5.93. The summed E-state index contributed by atoms with van der Waals surface area (Å²) in [6.07, 6.45) is 0. The van der Waals surface area contributed by atoms with Crippen LogP contribution in [0.2, 0.25) is 5.02 Å². The molecule has 3 heteroatoms. The maximum Gasteiger partial charge on any atom is 0.0834 e. The van der Waals surface area contributed by atoms with Crippen LogP contribution in [0.4, 0.5) is 0 Å². The van der Waals surface area contributed by atoms with Gasteiger partial charge in [0.15, 0.2) is 0 Å². The molecule has 0 aliphatic rings. The molecule has 96 valence electrons. The molecule has 3 rings (SSSR count). The molecule has 0 atom stereocenters. The molecule has 0 aliphatic heterocycles. The third kappa shape index (κ3) is 2.26. The lowest BCUT2D eigenvalue weighted by atomic mass is 10.2. The fraction of sp³-hybridized carbons (Fsp3) is 0.125. The Labute approximate surface area is 122 Å². The first kappa shape index (κ1) is 12.6. The minimum Gasteiger partial charge on any atom is -0.338 e. The summed E-state index contributed by atoms with van der Waals surface area (Å²) in [5.41, 5.74) is 2.61. The van der Waals surface area contributed by atoms with Gasteiger partial charge in [-0.2, -0.15) is 0 Å². The third-order valence-corrected chi connectivity index (χ3v) is 4.86. The summed E-state index contributed by atoms with van der Waals surface area (Å²) in [5.74, 6) is 0. The van der Waals surface area contributed by atoms with Gasteiger partial charge in [-0.25, -0.2) is 0 Å². The number of aryl methyl sites for hydroxylation is 2. The molecule has 0 aliphatic carbocycles. The van der Waals surface area contributed by atoms with E-state index in [1.165, 1.54) is 26.4 Å². The zero-order valence-electron chi connectivity index (χ0n) is 10.9. The molecule has 2 aromatic carbocycles. The molecule has 0 N–H and O–H groups in total. The van der Waals surface area contributed by atoms with Gasteiger partial charge in [-0.15, -0.1) is 0 Å². The number of benzene rings is 2. The lowest BCUT2D eigenvalue weighted by molar-refractivity contribution is 0.851. The topological polar surface area (TPSA) is 4.93 Å². The highest BCUT2D eigenvalue weighted by atomic mass is 35.5. The summed E-state index contributed by atoms with van der Waals surface area (Å²) in [6.45, 7) is 2.18. The van der Waals surface area contributed by atoms with E-state index < -0.39 is 0 Å². The van der Waals surface area contributed by atoms with Crippen LogP contribution in [-0.2, 0) is 7.05 Å². The average Bonchev–Trinajstić information content (AvgIpc) is 2.67. The Morgan fingerprint density at radius 2 is 1.68 bits per heavy atom. The van der Waals surface area contributed by atoms with E-state index in [1.54, 1.807) is 11.8 Å². The summed E-state index contributed by atoms with van der Waals surface area (Å²) < 4.78 is 2.25. The van der Waals surface area contributed by atoms with E-state index in [9.17, 15) is 0 Å². The van der Waals surface area contributed by atoms with Crippen molar-refractivity contribution in [1.29, 1.82) is 0 Å². The predicted molar refractivity (Wildman–Crippen MR) is 83.2 cm³/mol. The summed E-state index contributed by atoms with van der Waals surface area (Å²) in [7, 11) is 2.12. The number of para-hydroxylation sites is 1. The Morgan fingerprint density at radius 1 is 1.00 bits per heavy atom. The molecular formula is C16H14ClNS. The van der Waals surface area contributed by atoms with E-state index in [0.717, 1.165) is 5.02 Å². The van der Waals surface area contributed by atoms with Gasteiger partial charge in [0.2, 0.25) is 0 Å². The fourth-order valence-corrected chi connectivity index (χ4v) is 3.44. The second-order valence-electron chi connectivity index (χ2n) is 4.56. The number of rotatable bonds is 2. The van der Waals surface area contributed by atoms with E-state index in [-0.39, 0.29) is 0 Å². The van der Waals surface area contributed by atoms with Crippen LogP contribution in [0.25, 0.3) is 10.9 Å². The Morgan fingerprint density at radius 3 is 2.37 bits per heavy atom. The van der Waals surface area contributed by atoms with Gasteiger partial charge in [0.1, 0.15) is 0 Å². The van der Waals surface area contributed by atoms with Crippen molar-refractivity contribution in [2.45, 2.75) is 16.8 Å². The number of fused-ring (bicyclic) bond motifs is 1. The summed E-state index contributed by atoms with van der Waals surface area (Å²) in [5, 5.41) is 3.38. The third-order valence-electron chi connectivity index (χ3n) is 3.32. The lowest BCUT2D eigenvalue weighted by Gasteiger charge is -2.05. The second-order valence-corrected chi connectivity index (χ2v) is 6.06. The molecule has 1 nitrogen and oxygen atoms in total. The van der Waals surface area contributed by atoms with Gasteiger partial charge in [0, 0.05) is 27.9 Å². The van der Waals surface area contributed by atoms with Crippen molar-refractivity contribution in [3.8, 4) is 0 Å². The monoisotopic (exact) mass is 287 g/mol. The normalized spacial score (nSPS) is 11.1. The highest BCUT2D eigenvalue weighted by Crippen LogP contribution is 2.36. The summed E-state index contributed by atoms with van der Waals surface area (Å²) in [6, 6.07) is 16.5. The molecule has 0 unspecified atom stereocenters. The molecular weight excluding hydrogens is 274 g/mol. The van der Waals surface area contributed by atoms with Crippen LogP contribution in [-0.4, -0.2) is 4.57 Å². The molecule has 0 spiro atoms. The molecule has 0 fully saturated rings. The van der Waals surface area contributed by atoms with Gasteiger partial charge >= 0.3 is 0 Å². The molecule has 0 saturated heterocycles. The Hall–Kier alpha value is -1.38. The minimum atomic E-state index is 0.776. The quantitative estimate of drug-likeness (QED) is 0.620. The van der Waals surface area contributed by atoms with E-state index in [2.05, 4.69) is 54.9 Å². The SMILES string of the molecule is Cc1c(Sc2ccc(Cl)cc2)n(C)c2ccccc12. The van der Waals surface area contributed by atoms with Crippen LogP contribution < -0.4 is 0 Å². The van der Waals surface area contributed by atoms with E-state index in [1.807, 2.05) is 12.1 Å². The van der Waals surface area contributed by atoms with Gasteiger partial charge < -0.3 is 4.57 Å². The lowest BCUT2D eigenvalue weighted by Crippen LogP contribution is -1.89. The Balaban J connectivity index is 2.08. The number of nitrogens with zero attached hydrogens (tertiary/aromatic N) is 1. The van der Waals surface area contributed by atoms with Crippen molar-refractivity contribution in [2.75, 3.05) is 0 Å². The molecule has 0 saturated carbocycles. The maximum atomic E-state index is 5.93. The van der Waals surface area contributed by atoms with Crippen molar-refractivity contribution in [3.63, 3.8) is 0 Å². The van der Waals surface area contributed by atoms with Crippen LogP contribution in [0.1, 0.15) is 5.56 Å². The summed E-state index contributed by atoms with van der Waals surface area (Å²) >= 11 is 7.71. The molecule has 0 radical (unpaired) electrons. The molecule has 3 aromatic rings. The van der Waals surface area contributed by atoms with Crippen LogP contribution in [0, 0.1) is 6.92 Å². The van der Waals surface area contributed by atoms with E-state index in [0.29, 0.717) is 0 Å². The first-order chi connectivity index (χ1) is 9.16. The van der Waals surface area contributed by atoms with Gasteiger partial charge in [-0.1, -0.05) is 41.6 Å². The highest BCUT2D eigenvalue weighted by molar-refractivity contribution is 7.99. The van der Waals surface area contributed by atoms with Gasteiger partial charge in [-0.05, 0) is 42.8 Å². The van der Waals surface area contributed by atoms with Crippen LogP contribution in [0.3, 0.4) is 0 Å². The van der Waals surface area contributed by atoms with Gasteiger partial charge in [0.05, 0.1) is 5.03 Å². The van der Waals surface area contributed by atoms with Crippen LogP contribution in [0.5, 0.6) is 0 Å². The van der Waals surface area contributed by atoms with Crippen molar-refractivity contribution in [2.24, 2.45) is 7.05 Å². The van der Waals surface area contributed by atoms with Gasteiger partial charge in [-0.3, -0.25) is 0 Å². The zero-order chi connectivity index (χ0) is 13.4. The molecule has 0 amide bonds. The second kappa shape index (κ2) is 4.95. The first-order valence-electron chi connectivity index (χ1n) is 6.14. The van der Waals surface area contributed by atoms with Crippen molar-refractivity contribution >= 4 is 34.3 Å². The standard InChI is InChI=1S/C16H14ClNS/c1-11-14-5-3-4-6-15(14)18(2)16(11)19-13-9-7-12(17)8-10-13/h3-10H,1-2H3. The fourth-order valence-electron chi connectivity index (χ4n) is 2.32. The summed E-state index contributed by atoms with van der Waals surface area (Å²) in [4.78, 5) is 1.21. The van der Waals surface area contributed by atoms with Crippen LogP contribution in [0.15, 0.2) is 58.5 Å². The molecule has 19 heavy (non-hydrogen) atoms. The first-order valence-corrected chi connectivity index (χ1v) is 7.33. The number of halogens is 1. The molecule has 0 bridgehead atoms. The number of aromatic nitrogens is 1. The number of hydrogen-bond acceptors (Lipinski definition) is 1. The van der Waals surface area contributed by atoms with E-state index >= 15 is 0 Å². The molecule has 1 aromatic heterocycles.